The maximum atomic E-state index is 13.6. The third kappa shape index (κ3) is 3.03. The molecule has 1 atom stereocenters. The van der Waals surface area contributed by atoms with Crippen molar-refractivity contribution < 1.29 is 4.79 Å². The molecule has 0 bridgehead atoms. The van der Waals surface area contributed by atoms with Gasteiger partial charge in [-0.05, 0) is 49.6 Å². The smallest absolute Gasteiger partial charge is 0.254 e. The molecule has 1 N–H and O–H groups in total. The van der Waals surface area contributed by atoms with Crippen molar-refractivity contribution in [2.24, 2.45) is 0 Å². The Labute approximate surface area is 171 Å². The number of fused-ring (bicyclic) bond motifs is 3. The quantitative estimate of drug-likeness (QED) is 0.485. The summed E-state index contributed by atoms with van der Waals surface area (Å²) in [7, 11) is 0. The Kier molecular flexibility index (Phi) is 4.24. The highest BCUT2D eigenvalue weighted by atomic mass is 16.2. The molecule has 3 heteroatoms. The number of hydrogen-bond donors (Lipinski definition) is 1. The number of carbonyl (C=O) groups is 1. The third-order valence-electron chi connectivity index (χ3n) is 5.92. The van der Waals surface area contributed by atoms with Crippen LogP contribution in [0.25, 0.3) is 10.9 Å². The molecule has 5 rings (SSSR count). The third-order valence-corrected chi connectivity index (χ3v) is 5.92. The first kappa shape index (κ1) is 17.7. The molecule has 1 aliphatic rings. The lowest BCUT2D eigenvalue weighted by Gasteiger charge is -2.36. The summed E-state index contributed by atoms with van der Waals surface area (Å²) in [4.78, 5) is 19.2. The molecule has 2 heterocycles. The molecule has 0 spiro atoms. The molecule has 3 aromatic carbocycles. The first-order valence-electron chi connectivity index (χ1n) is 10.2. The monoisotopic (exact) mass is 380 g/mol. The molecule has 0 saturated heterocycles. The normalized spacial score (nSPS) is 16.1. The minimum absolute atomic E-state index is 0.0875. The van der Waals surface area contributed by atoms with Gasteiger partial charge in [-0.1, -0.05) is 65.7 Å². The van der Waals surface area contributed by atoms with E-state index in [0.29, 0.717) is 6.54 Å². The van der Waals surface area contributed by atoms with Gasteiger partial charge in [-0.2, -0.15) is 0 Å². The molecule has 0 radical (unpaired) electrons. The number of aryl methyl sites for hydroxylation is 2. The van der Waals surface area contributed by atoms with Crippen LogP contribution in [0.4, 0.5) is 0 Å². The molecule has 4 aromatic rings. The molecule has 144 valence electrons. The van der Waals surface area contributed by atoms with Crippen molar-refractivity contribution in [2.45, 2.75) is 26.3 Å². The predicted molar refractivity (Wildman–Crippen MR) is 117 cm³/mol. The van der Waals surface area contributed by atoms with E-state index < -0.39 is 0 Å². The van der Waals surface area contributed by atoms with Crippen LogP contribution >= 0.6 is 0 Å². The lowest BCUT2D eigenvalue weighted by Crippen LogP contribution is -2.40. The summed E-state index contributed by atoms with van der Waals surface area (Å²) in [5, 5.41) is 1.27. The number of amides is 1. The van der Waals surface area contributed by atoms with Crippen molar-refractivity contribution in [1.82, 2.24) is 9.88 Å². The van der Waals surface area contributed by atoms with Crippen molar-refractivity contribution in [3.05, 3.63) is 106 Å². The van der Waals surface area contributed by atoms with Gasteiger partial charge in [0.15, 0.2) is 0 Å². The first-order chi connectivity index (χ1) is 14.1. The number of carbonyl (C=O) groups excluding carboxylic acids is 1. The van der Waals surface area contributed by atoms with E-state index in [-0.39, 0.29) is 11.9 Å². The predicted octanol–water partition coefficient (Wildman–Crippen LogP) is 5.57. The fourth-order valence-electron chi connectivity index (χ4n) is 4.59. The number of nitrogens with one attached hydrogen (secondary N) is 1. The van der Waals surface area contributed by atoms with Gasteiger partial charge in [0.25, 0.3) is 5.91 Å². The van der Waals surface area contributed by atoms with Gasteiger partial charge in [0.05, 0.1) is 6.04 Å². The minimum atomic E-state index is -0.112. The summed E-state index contributed by atoms with van der Waals surface area (Å²) >= 11 is 0. The lowest BCUT2D eigenvalue weighted by atomic mass is 9.91. The Balaban J connectivity index is 1.68. The van der Waals surface area contributed by atoms with E-state index in [1.54, 1.807) is 0 Å². The van der Waals surface area contributed by atoms with E-state index in [0.717, 1.165) is 34.3 Å². The molecule has 1 aliphatic heterocycles. The van der Waals surface area contributed by atoms with E-state index >= 15 is 0 Å². The van der Waals surface area contributed by atoms with E-state index in [2.05, 4.69) is 60.4 Å². The number of rotatable bonds is 2. The first-order valence-corrected chi connectivity index (χ1v) is 10.2. The van der Waals surface area contributed by atoms with Gasteiger partial charge in [0.2, 0.25) is 0 Å². The molecular formula is C26H24N2O. The van der Waals surface area contributed by atoms with Crippen LogP contribution in [0, 0.1) is 13.8 Å². The largest absolute Gasteiger partial charge is 0.356 e. The van der Waals surface area contributed by atoms with Gasteiger partial charge in [-0.3, -0.25) is 4.79 Å². The molecule has 1 aromatic heterocycles. The van der Waals surface area contributed by atoms with Gasteiger partial charge in [0.1, 0.15) is 0 Å². The standard InChI is InChI=1S/C26H24N2O/c1-17-7-5-9-19(15-17)25-24-22(21-11-3-4-12-23(21)27-24)13-14-28(25)26(29)20-10-6-8-18(2)16-20/h3-12,15-16,25,27H,13-14H2,1-2H3/t25-/m1/s1. The second kappa shape index (κ2) is 6.93. The molecular weight excluding hydrogens is 356 g/mol. The minimum Gasteiger partial charge on any atom is -0.356 e. The Morgan fingerprint density at radius 2 is 1.69 bits per heavy atom. The highest BCUT2D eigenvalue weighted by Crippen LogP contribution is 2.39. The second-order valence-electron chi connectivity index (χ2n) is 8.00. The van der Waals surface area contributed by atoms with E-state index in [9.17, 15) is 4.79 Å². The summed E-state index contributed by atoms with van der Waals surface area (Å²) in [6, 6.07) is 24.7. The molecule has 1 amide bonds. The average Bonchev–Trinajstić information content (AvgIpc) is 3.11. The Bertz CT molecular complexity index is 1220. The summed E-state index contributed by atoms with van der Waals surface area (Å²) in [5.41, 5.74) is 7.82. The lowest BCUT2D eigenvalue weighted by molar-refractivity contribution is 0.0692. The maximum absolute atomic E-state index is 13.6. The van der Waals surface area contributed by atoms with Gasteiger partial charge in [-0.15, -0.1) is 0 Å². The highest BCUT2D eigenvalue weighted by Gasteiger charge is 2.34. The number of benzene rings is 3. The second-order valence-corrected chi connectivity index (χ2v) is 8.00. The van der Waals surface area contributed by atoms with Crippen LogP contribution in [0.1, 0.15) is 44.3 Å². The summed E-state index contributed by atoms with van der Waals surface area (Å²) in [6.45, 7) is 4.84. The average molecular weight is 380 g/mol. The van der Waals surface area contributed by atoms with Crippen molar-refractivity contribution in [3.63, 3.8) is 0 Å². The van der Waals surface area contributed by atoms with Crippen molar-refractivity contribution in [1.29, 1.82) is 0 Å². The van der Waals surface area contributed by atoms with Crippen LogP contribution < -0.4 is 0 Å². The van der Waals surface area contributed by atoms with Crippen LogP contribution in [0.5, 0.6) is 0 Å². The zero-order chi connectivity index (χ0) is 20.0. The van der Waals surface area contributed by atoms with E-state index in [4.69, 9.17) is 0 Å². The van der Waals surface area contributed by atoms with E-state index in [1.165, 1.54) is 16.5 Å². The Morgan fingerprint density at radius 1 is 0.931 bits per heavy atom. The topological polar surface area (TPSA) is 36.1 Å². The van der Waals surface area contributed by atoms with Crippen LogP contribution in [0.15, 0.2) is 72.8 Å². The fraction of sp³-hybridized carbons (Fsp3) is 0.192. The van der Waals surface area contributed by atoms with Crippen molar-refractivity contribution >= 4 is 16.8 Å². The SMILES string of the molecule is Cc1cccc(C(=O)N2CCc3c([nH]c4ccccc34)[C@H]2c2cccc(C)c2)c1. The number of nitrogens with zero attached hydrogens (tertiary/aromatic N) is 1. The van der Waals surface area contributed by atoms with Crippen LogP contribution in [-0.2, 0) is 6.42 Å². The van der Waals surface area contributed by atoms with Crippen LogP contribution in [0.3, 0.4) is 0 Å². The molecule has 0 unspecified atom stereocenters. The van der Waals surface area contributed by atoms with Crippen molar-refractivity contribution in [2.75, 3.05) is 6.54 Å². The zero-order valence-electron chi connectivity index (χ0n) is 16.8. The zero-order valence-corrected chi connectivity index (χ0v) is 16.8. The Hall–Kier alpha value is -3.33. The molecule has 3 nitrogen and oxygen atoms in total. The van der Waals surface area contributed by atoms with Gasteiger partial charge < -0.3 is 9.88 Å². The van der Waals surface area contributed by atoms with Gasteiger partial charge in [0, 0.05) is 28.7 Å². The Morgan fingerprint density at radius 3 is 2.48 bits per heavy atom. The van der Waals surface area contributed by atoms with E-state index in [1.807, 2.05) is 36.1 Å². The summed E-state index contributed by atoms with van der Waals surface area (Å²) in [6.07, 6.45) is 0.860. The number of para-hydroxylation sites is 1. The van der Waals surface area contributed by atoms with Gasteiger partial charge in [-0.25, -0.2) is 0 Å². The summed E-state index contributed by atoms with van der Waals surface area (Å²) in [5.74, 6) is 0.0875. The number of aromatic nitrogens is 1. The van der Waals surface area contributed by atoms with Crippen molar-refractivity contribution in [3.8, 4) is 0 Å². The molecule has 0 aliphatic carbocycles. The maximum Gasteiger partial charge on any atom is 0.254 e. The fourth-order valence-corrected chi connectivity index (χ4v) is 4.59. The molecule has 0 fully saturated rings. The number of hydrogen-bond acceptors (Lipinski definition) is 1. The molecule has 0 saturated carbocycles. The number of H-pyrrole nitrogens is 1. The molecule has 29 heavy (non-hydrogen) atoms. The number of aromatic amines is 1. The van der Waals surface area contributed by atoms with Crippen LogP contribution in [-0.4, -0.2) is 22.3 Å². The summed E-state index contributed by atoms with van der Waals surface area (Å²) < 4.78 is 0. The van der Waals surface area contributed by atoms with Gasteiger partial charge >= 0.3 is 0 Å². The highest BCUT2D eigenvalue weighted by molar-refractivity contribution is 5.95. The van der Waals surface area contributed by atoms with Crippen LogP contribution in [0.2, 0.25) is 0 Å².